The predicted molar refractivity (Wildman–Crippen MR) is 110 cm³/mol. The van der Waals surface area contributed by atoms with Gasteiger partial charge in [0, 0.05) is 24.4 Å². The molecule has 2 aromatic rings. The van der Waals surface area contributed by atoms with Gasteiger partial charge < -0.3 is 14.8 Å². The van der Waals surface area contributed by atoms with Crippen LogP contribution in [0.3, 0.4) is 0 Å². The molecule has 0 bridgehead atoms. The number of hydrogen-bond donors (Lipinski definition) is 1. The molecule has 2 rings (SSSR count). The standard InChI is InChI=1S/C23H25F3N2O3/c1-22(2,17-6-4-7-18(13-17)23(24,25)26)15-28-21(29)8-5-11-31-19-10-9-16(14-27)12-20(19)30-3/h4,6-7,9-10,12-13H,5,8,11,15H2,1-3H3,(H,28,29). The average Bonchev–Trinajstić information content (AvgIpc) is 2.74. The average molecular weight is 434 g/mol. The number of amides is 1. The molecule has 0 aliphatic heterocycles. The Morgan fingerprint density at radius 3 is 2.45 bits per heavy atom. The van der Waals surface area contributed by atoms with Crippen LogP contribution in [0.15, 0.2) is 42.5 Å². The van der Waals surface area contributed by atoms with E-state index in [0.717, 1.165) is 12.1 Å². The Morgan fingerprint density at radius 2 is 1.81 bits per heavy atom. The fourth-order valence-electron chi connectivity index (χ4n) is 2.90. The minimum absolute atomic E-state index is 0.206. The molecule has 0 atom stereocenters. The van der Waals surface area contributed by atoms with Crippen molar-refractivity contribution in [1.82, 2.24) is 5.32 Å². The van der Waals surface area contributed by atoms with Crippen LogP contribution in [0.5, 0.6) is 11.5 Å². The van der Waals surface area contributed by atoms with Crippen LogP contribution in [0, 0.1) is 11.3 Å². The molecule has 0 aromatic heterocycles. The third-order valence-electron chi connectivity index (χ3n) is 4.80. The summed E-state index contributed by atoms with van der Waals surface area (Å²) in [6.07, 6.45) is -3.76. The zero-order valence-corrected chi connectivity index (χ0v) is 17.7. The molecule has 1 N–H and O–H groups in total. The summed E-state index contributed by atoms with van der Waals surface area (Å²) < 4.78 is 49.6. The van der Waals surface area contributed by atoms with E-state index in [1.807, 2.05) is 6.07 Å². The van der Waals surface area contributed by atoms with Crippen molar-refractivity contribution in [2.45, 2.75) is 38.3 Å². The van der Waals surface area contributed by atoms with Gasteiger partial charge in [-0.1, -0.05) is 32.0 Å². The smallest absolute Gasteiger partial charge is 0.416 e. The highest BCUT2D eigenvalue weighted by Crippen LogP contribution is 2.32. The number of nitrogens with zero attached hydrogens (tertiary/aromatic N) is 1. The Balaban J connectivity index is 1.82. The van der Waals surface area contributed by atoms with Crippen LogP contribution < -0.4 is 14.8 Å². The van der Waals surface area contributed by atoms with E-state index in [1.54, 1.807) is 38.1 Å². The molecule has 0 fully saturated rings. The maximum absolute atomic E-state index is 12.9. The van der Waals surface area contributed by atoms with Gasteiger partial charge in [0.2, 0.25) is 5.91 Å². The first-order valence-electron chi connectivity index (χ1n) is 9.72. The van der Waals surface area contributed by atoms with Gasteiger partial charge in [0.1, 0.15) is 0 Å². The second-order valence-corrected chi connectivity index (χ2v) is 7.67. The maximum Gasteiger partial charge on any atom is 0.416 e. The van der Waals surface area contributed by atoms with Crippen molar-refractivity contribution in [3.05, 3.63) is 59.2 Å². The van der Waals surface area contributed by atoms with Gasteiger partial charge in [0.05, 0.1) is 30.9 Å². The number of benzene rings is 2. The van der Waals surface area contributed by atoms with Gasteiger partial charge in [-0.25, -0.2) is 0 Å². The Bertz CT molecular complexity index is 950. The van der Waals surface area contributed by atoms with E-state index >= 15 is 0 Å². The number of alkyl halides is 3. The van der Waals surface area contributed by atoms with E-state index in [2.05, 4.69) is 5.32 Å². The molecule has 0 aliphatic rings. The molecule has 5 nitrogen and oxygen atoms in total. The van der Waals surface area contributed by atoms with Gasteiger partial charge in [-0.05, 0) is 30.2 Å². The Hall–Kier alpha value is -3.21. The van der Waals surface area contributed by atoms with E-state index in [9.17, 15) is 18.0 Å². The van der Waals surface area contributed by atoms with Gasteiger partial charge in [-0.2, -0.15) is 18.4 Å². The van der Waals surface area contributed by atoms with E-state index in [-0.39, 0.29) is 25.5 Å². The van der Waals surface area contributed by atoms with Crippen LogP contribution in [0.1, 0.15) is 43.4 Å². The van der Waals surface area contributed by atoms with Crippen molar-refractivity contribution in [1.29, 1.82) is 5.26 Å². The molecule has 31 heavy (non-hydrogen) atoms. The molecule has 0 saturated carbocycles. The number of rotatable bonds is 9. The molecule has 0 saturated heterocycles. The lowest BCUT2D eigenvalue weighted by Crippen LogP contribution is -2.36. The number of methoxy groups -OCH3 is 1. The van der Waals surface area contributed by atoms with Gasteiger partial charge in [-0.3, -0.25) is 4.79 Å². The first-order chi connectivity index (χ1) is 14.6. The minimum atomic E-state index is -4.41. The number of nitrogens with one attached hydrogen (secondary N) is 1. The lowest BCUT2D eigenvalue weighted by molar-refractivity contribution is -0.137. The minimum Gasteiger partial charge on any atom is -0.493 e. The number of halogens is 3. The first kappa shape index (κ1) is 24.1. The van der Waals surface area contributed by atoms with Crippen LogP contribution >= 0.6 is 0 Å². The van der Waals surface area contributed by atoms with Crippen LogP contribution in [0.25, 0.3) is 0 Å². The van der Waals surface area contributed by atoms with Crippen molar-refractivity contribution in [2.75, 3.05) is 20.3 Å². The van der Waals surface area contributed by atoms with Crippen molar-refractivity contribution < 1.29 is 27.4 Å². The summed E-state index contributed by atoms with van der Waals surface area (Å²) in [5.74, 6) is 0.703. The van der Waals surface area contributed by atoms with Crippen molar-refractivity contribution in [2.24, 2.45) is 0 Å². The molecule has 0 aliphatic carbocycles. The second-order valence-electron chi connectivity index (χ2n) is 7.67. The summed E-state index contributed by atoms with van der Waals surface area (Å²) in [5.41, 5.74) is -0.422. The molecular formula is C23H25F3N2O3. The number of carbonyl (C=O) groups is 1. The summed E-state index contributed by atoms with van der Waals surface area (Å²) in [6, 6.07) is 12.0. The number of hydrogen-bond acceptors (Lipinski definition) is 4. The summed E-state index contributed by atoms with van der Waals surface area (Å²) in [4.78, 5) is 12.2. The zero-order valence-electron chi connectivity index (χ0n) is 17.7. The monoisotopic (exact) mass is 434 g/mol. The third-order valence-corrected chi connectivity index (χ3v) is 4.80. The Kier molecular flexibility index (Phi) is 7.92. The molecule has 8 heteroatoms. The summed E-state index contributed by atoms with van der Waals surface area (Å²) in [7, 11) is 1.48. The zero-order chi connectivity index (χ0) is 23.1. The van der Waals surface area contributed by atoms with E-state index in [4.69, 9.17) is 14.7 Å². The van der Waals surface area contributed by atoms with Gasteiger partial charge in [0.25, 0.3) is 0 Å². The van der Waals surface area contributed by atoms with Crippen molar-refractivity contribution in [3.63, 3.8) is 0 Å². The Morgan fingerprint density at radius 1 is 1.10 bits per heavy atom. The van der Waals surface area contributed by atoms with Crippen molar-refractivity contribution >= 4 is 5.91 Å². The fraction of sp³-hybridized carbons (Fsp3) is 0.391. The lowest BCUT2D eigenvalue weighted by Gasteiger charge is -2.26. The third kappa shape index (κ3) is 6.92. The predicted octanol–water partition coefficient (Wildman–Crippen LogP) is 4.84. The molecule has 0 heterocycles. The van der Waals surface area contributed by atoms with Crippen LogP contribution in [-0.2, 0) is 16.4 Å². The van der Waals surface area contributed by atoms with E-state index in [1.165, 1.54) is 13.2 Å². The topological polar surface area (TPSA) is 71.3 Å². The summed E-state index contributed by atoms with van der Waals surface area (Å²) in [6.45, 7) is 4.04. The SMILES string of the molecule is COc1cc(C#N)ccc1OCCCC(=O)NCC(C)(C)c1cccc(C(F)(F)F)c1. The molecular weight excluding hydrogens is 409 g/mol. The van der Waals surface area contributed by atoms with Crippen LogP contribution in [0.2, 0.25) is 0 Å². The van der Waals surface area contributed by atoms with Crippen LogP contribution in [0.4, 0.5) is 13.2 Å². The lowest BCUT2D eigenvalue weighted by atomic mass is 9.83. The summed E-state index contributed by atoms with van der Waals surface area (Å²) in [5, 5.41) is 11.7. The quantitative estimate of drug-likeness (QED) is 0.574. The highest BCUT2D eigenvalue weighted by atomic mass is 19.4. The van der Waals surface area contributed by atoms with E-state index < -0.39 is 17.2 Å². The number of nitriles is 1. The molecule has 2 aromatic carbocycles. The van der Waals surface area contributed by atoms with Crippen LogP contribution in [-0.4, -0.2) is 26.2 Å². The summed E-state index contributed by atoms with van der Waals surface area (Å²) >= 11 is 0. The molecule has 166 valence electrons. The second kappa shape index (κ2) is 10.2. The van der Waals surface area contributed by atoms with Crippen molar-refractivity contribution in [3.8, 4) is 17.6 Å². The number of ether oxygens (including phenoxy) is 2. The number of carbonyl (C=O) groups excluding carboxylic acids is 1. The molecule has 0 spiro atoms. The first-order valence-corrected chi connectivity index (χ1v) is 9.72. The highest BCUT2D eigenvalue weighted by molar-refractivity contribution is 5.76. The normalized spacial score (nSPS) is 11.5. The fourth-order valence-corrected chi connectivity index (χ4v) is 2.90. The molecule has 0 unspecified atom stereocenters. The van der Waals surface area contributed by atoms with E-state index in [0.29, 0.717) is 29.0 Å². The molecule has 0 radical (unpaired) electrons. The highest BCUT2D eigenvalue weighted by Gasteiger charge is 2.32. The maximum atomic E-state index is 12.9. The van der Waals surface area contributed by atoms with Gasteiger partial charge >= 0.3 is 6.18 Å². The van der Waals surface area contributed by atoms with Gasteiger partial charge in [0.15, 0.2) is 11.5 Å². The Labute approximate surface area is 179 Å². The largest absolute Gasteiger partial charge is 0.493 e. The molecule has 1 amide bonds. The van der Waals surface area contributed by atoms with Gasteiger partial charge in [-0.15, -0.1) is 0 Å².